The summed E-state index contributed by atoms with van der Waals surface area (Å²) in [6.07, 6.45) is -2.12. The summed E-state index contributed by atoms with van der Waals surface area (Å²) >= 11 is 0. The van der Waals surface area contributed by atoms with Crippen molar-refractivity contribution in [2.75, 3.05) is 6.61 Å². The number of hydrogen-bond donors (Lipinski definition) is 6. The number of rotatable bonds is 3. The lowest BCUT2D eigenvalue weighted by atomic mass is 9.40. The summed E-state index contributed by atoms with van der Waals surface area (Å²) in [5.74, 6) is -0.309. The molecule has 10 nitrogen and oxygen atoms in total. The van der Waals surface area contributed by atoms with Gasteiger partial charge in [0.2, 0.25) is 0 Å². The maximum absolute atomic E-state index is 12.7. The minimum absolute atomic E-state index is 0.0854. The molecule has 8 aliphatic rings. The Balaban J connectivity index is 1.12. The fourth-order valence-electron chi connectivity index (χ4n) is 13.7. The Kier molecular flexibility index (Phi) is 6.67. The first-order valence-corrected chi connectivity index (χ1v) is 17.6. The lowest BCUT2D eigenvalue weighted by molar-refractivity contribution is -0.304. The molecule has 10 heteroatoms. The zero-order valence-electron chi connectivity index (χ0n) is 27.9. The molecule has 8 fully saturated rings. The SMILES string of the molecule is C[C@@H]1C[C@H]2O[C@@]3(O[C@@H]2C(C)(C)O)[C@H](O)[C@@]2(C)[C@@H]4CC[C@@H]5[C@H](CC[C@H](O[C@@H]6OC[C@H](O)[C@H](O)[C@H]6O)C5(C)C)[C@]45C[C@H]5[C@@H](O)[C@]2(C)[C@@H]13. The highest BCUT2D eigenvalue weighted by molar-refractivity contribution is 5.35. The van der Waals surface area contributed by atoms with Gasteiger partial charge < -0.3 is 49.6 Å². The Morgan fingerprint density at radius 3 is 2.20 bits per heavy atom. The third kappa shape index (κ3) is 3.61. The van der Waals surface area contributed by atoms with E-state index in [-0.39, 0.29) is 53.3 Å². The van der Waals surface area contributed by atoms with E-state index < -0.39 is 65.1 Å². The highest BCUT2D eigenvalue weighted by Crippen LogP contribution is 2.86. The molecule has 0 unspecified atom stereocenters. The zero-order chi connectivity index (χ0) is 32.4. The summed E-state index contributed by atoms with van der Waals surface area (Å²) < 4.78 is 25.6. The van der Waals surface area contributed by atoms with E-state index in [0.29, 0.717) is 11.8 Å². The topological polar surface area (TPSA) is 158 Å². The predicted molar refractivity (Wildman–Crippen MR) is 160 cm³/mol. The molecule has 0 radical (unpaired) electrons. The zero-order valence-corrected chi connectivity index (χ0v) is 27.9. The number of aliphatic hydroxyl groups excluding tert-OH is 5. The van der Waals surface area contributed by atoms with Gasteiger partial charge in [-0.1, -0.05) is 34.6 Å². The Morgan fingerprint density at radius 2 is 1.51 bits per heavy atom. The van der Waals surface area contributed by atoms with E-state index in [4.69, 9.17) is 18.9 Å². The fraction of sp³-hybridized carbons (Fsp3) is 1.00. The van der Waals surface area contributed by atoms with Crippen molar-refractivity contribution in [2.24, 2.45) is 57.2 Å². The third-order valence-corrected chi connectivity index (χ3v) is 15.7. The van der Waals surface area contributed by atoms with Crippen LogP contribution in [0.15, 0.2) is 0 Å². The minimum Gasteiger partial charge on any atom is -0.392 e. The van der Waals surface area contributed by atoms with Gasteiger partial charge in [0.1, 0.15) is 30.5 Å². The van der Waals surface area contributed by atoms with Crippen LogP contribution >= 0.6 is 0 Å². The van der Waals surface area contributed by atoms with Gasteiger partial charge in [-0.05, 0) is 92.8 Å². The van der Waals surface area contributed by atoms with Crippen molar-refractivity contribution in [2.45, 2.75) is 154 Å². The Labute approximate surface area is 266 Å². The summed E-state index contributed by atoms with van der Waals surface area (Å²) in [6.45, 7) is 14.5. The Hall–Kier alpha value is -0.400. The lowest BCUT2D eigenvalue weighted by Crippen LogP contribution is -2.65. The van der Waals surface area contributed by atoms with Crippen LogP contribution in [0.1, 0.15) is 87.0 Å². The number of hydrogen-bond acceptors (Lipinski definition) is 10. The standard InChI is InChI=1S/C35H56O10/c1-15-12-20-27(31(4,5)41)45-35(44-20)25(15)33(7)26(39)18-13-34(18)17-9-11-22(43-28-24(38)23(37)19(36)14-42-28)30(2,3)16(17)8-10-21(34)32(33,6)29(35)40/h15-29,36-41H,8-14H2,1-7H3/t15-,16-,17+,18+,19+,20-,21+,22+,23+,24-,25-,26-,27+,28+,29-,32-,33+,34+,35+/m1/s1. The quantitative estimate of drug-likeness (QED) is 0.253. The van der Waals surface area contributed by atoms with Gasteiger partial charge in [-0.15, -0.1) is 0 Å². The molecule has 3 aliphatic heterocycles. The molecule has 0 aromatic carbocycles. The molecule has 2 spiro atoms. The molecule has 0 amide bonds. The van der Waals surface area contributed by atoms with E-state index in [1.165, 1.54) is 0 Å². The van der Waals surface area contributed by atoms with Crippen LogP contribution in [0, 0.1) is 57.2 Å². The molecule has 3 heterocycles. The first kappa shape index (κ1) is 31.8. The van der Waals surface area contributed by atoms with Crippen molar-refractivity contribution >= 4 is 0 Å². The average molecular weight is 637 g/mol. The largest absolute Gasteiger partial charge is 0.392 e. The van der Waals surface area contributed by atoms with E-state index in [0.717, 1.165) is 38.5 Å². The molecular weight excluding hydrogens is 580 g/mol. The molecule has 3 saturated heterocycles. The summed E-state index contributed by atoms with van der Waals surface area (Å²) in [7, 11) is 0. The minimum atomic E-state index is -1.32. The van der Waals surface area contributed by atoms with Gasteiger partial charge >= 0.3 is 0 Å². The molecule has 256 valence electrons. The van der Waals surface area contributed by atoms with Crippen LogP contribution in [-0.4, -0.2) is 104 Å². The van der Waals surface area contributed by atoms with Crippen molar-refractivity contribution in [3.05, 3.63) is 0 Å². The van der Waals surface area contributed by atoms with Gasteiger partial charge in [-0.2, -0.15) is 0 Å². The first-order valence-electron chi connectivity index (χ1n) is 17.6. The second-order valence-corrected chi connectivity index (χ2v) is 18.2. The highest BCUT2D eigenvalue weighted by atomic mass is 16.8. The van der Waals surface area contributed by atoms with Crippen LogP contribution in [0.4, 0.5) is 0 Å². The van der Waals surface area contributed by atoms with Crippen molar-refractivity contribution in [3.8, 4) is 0 Å². The van der Waals surface area contributed by atoms with Gasteiger partial charge in [0.05, 0.1) is 30.5 Å². The molecule has 2 bridgehead atoms. The molecule has 45 heavy (non-hydrogen) atoms. The van der Waals surface area contributed by atoms with Gasteiger partial charge in [0, 0.05) is 16.7 Å². The normalized spacial score (nSPS) is 62.7. The van der Waals surface area contributed by atoms with E-state index in [9.17, 15) is 30.6 Å². The molecular formula is C35H56O10. The van der Waals surface area contributed by atoms with Gasteiger partial charge in [-0.25, -0.2) is 0 Å². The van der Waals surface area contributed by atoms with Gasteiger partial charge in [-0.3, -0.25) is 0 Å². The van der Waals surface area contributed by atoms with Crippen LogP contribution < -0.4 is 0 Å². The number of ether oxygens (including phenoxy) is 4. The highest BCUT2D eigenvalue weighted by Gasteiger charge is 2.89. The molecule has 0 aromatic heterocycles. The Morgan fingerprint density at radius 1 is 0.822 bits per heavy atom. The molecule has 0 aromatic rings. The smallest absolute Gasteiger partial charge is 0.199 e. The second-order valence-electron chi connectivity index (χ2n) is 18.2. The van der Waals surface area contributed by atoms with E-state index in [1.807, 2.05) is 0 Å². The lowest BCUT2D eigenvalue weighted by Gasteiger charge is -2.65. The fourth-order valence-corrected chi connectivity index (χ4v) is 13.7. The van der Waals surface area contributed by atoms with Crippen molar-refractivity contribution in [1.82, 2.24) is 0 Å². The molecule has 6 N–H and O–H groups in total. The van der Waals surface area contributed by atoms with E-state index >= 15 is 0 Å². The van der Waals surface area contributed by atoms with Gasteiger partial charge in [0.15, 0.2) is 12.1 Å². The third-order valence-electron chi connectivity index (χ3n) is 15.7. The van der Waals surface area contributed by atoms with Crippen LogP contribution in [-0.2, 0) is 18.9 Å². The van der Waals surface area contributed by atoms with Gasteiger partial charge in [0.25, 0.3) is 0 Å². The first-order chi connectivity index (χ1) is 20.9. The summed E-state index contributed by atoms with van der Waals surface area (Å²) in [4.78, 5) is 0. The van der Waals surface area contributed by atoms with Crippen molar-refractivity contribution < 1.29 is 49.6 Å². The van der Waals surface area contributed by atoms with Crippen LogP contribution in [0.2, 0.25) is 0 Å². The predicted octanol–water partition coefficient (Wildman–Crippen LogP) is 1.95. The van der Waals surface area contributed by atoms with Crippen molar-refractivity contribution in [3.63, 3.8) is 0 Å². The number of fused-ring (bicyclic) bond motifs is 5. The molecule has 19 atom stereocenters. The molecule has 8 rings (SSSR count). The summed E-state index contributed by atoms with van der Waals surface area (Å²) in [5, 5.41) is 67.1. The molecule has 5 aliphatic carbocycles. The second kappa shape index (κ2) is 9.43. The maximum atomic E-state index is 12.7. The van der Waals surface area contributed by atoms with Crippen LogP contribution in [0.25, 0.3) is 0 Å². The van der Waals surface area contributed by atoms with Crippen LogP contribution in [0.3, 0.4) is 0 Å². The summed E-state index contributed by atoms with van der Waals surface area (Å²) in [5.41, 5.74) is -2.75. The maximum Gasteiger partial charge on any atom is 0.199 e. The summed E-state index contributed by atoms with van der Waals surface area (Å²) in [6, 6.07) is 0. The van der Waals surface area contributed by atoms with E-state index in [2.05, 4.69) is 34.6 Å². The van der Waals surface area contributed by atoms with E-state index in [1.54, 1.807) is 13.8 Å². The molecule has 5 saturated carbocycles. The monoisotopic (exact) mass is 636 g/mol. The number of aliphatic hydroxyl groups is 6. The van der Waals surface area contributed by atoms with Crippen molar-refractivity contribution in [1.29, 1.82) is 0 Å². The van der Waals surface area contributed by atoms with Crippen LogP contribution in [0.5, 0.6) is 0 Å². The average Bonchev–Trinajstić information content (AvgIpc) is 3.56. The Bertz CT molecular complexity index is 1220.